The van der Waals surface area contributed by atoms with Crippen LogP contribution in [0.5, 0.6) is 0 Å². The first kappa shape index (κ1) is 28.4. The highest BCUT2D eigenvalue weighted by Gasteiger charge is 2.57. The highest BCUT2D eigenvalue weighted by Crippen LogP contribution is 2.55. The van der Waals surface area contributed by atoms with Gasteiger partial charge in [0.05, 0.1) is 17.9 Å². The van der Waals surface area contributed by atoms with Gasteiger partial charge in [-0.2, -0.15) is 0 Å². The maximum Gasteiger partial charge on any atom is 0.324 e. The summed E-state index contributed by atoms with van der Waals surface area (Å²) in [5.41, 5.74) is 5.02. The van der Waals surface area contributed by atoms with E-state index in [-0.39, 0.29) is 36.9 Å². The number of aromatic nitrogens is 1. The van der Waals surface area contributed by atoms with E-state index in [1.807, 2.05) is 24.3 Å². The molecule has 5 nitrogen and oxygen atoms in total. The Bertz CT molecular complexity index is 1540. The van der Waals surface area contributed by atoms with Crippen molar-refractivity contribution in [3.05, 3.63) is 108 Å². The molecule has 5 heteroatoms. The molecule has 1 fully saturated rings. The van der Waals surface area contributed by atoms with Gasteiger partial charge < -0.3 is 14.0 Å². The number of hydrogen-bond acceptors (Lipinski definition) is 4. The van der Waals surface area contributed by atoms with Crippen molar-refractivity contribution in [1.82, 2.24) is 4.57 Å². The molecule has 1 aliphatic carbocycles. The van der Waals surface area contributed by atoms with Gasteiger partial charge in [-0.05, 0) is 69.2 Å². The Morgan fingerprint density at radius 1 is 0.829 bits per heavy atom. The highest BCUT2D eigenvalue weighted by molar-refractivity contribution is 6.01. The molecule has 0 N–H and O–H groups in total. The maximum atomic E-state index is 13.7. The van der Waals surface area contributed by atoms with Crippen molar-refractivity contribution in [2.45, 2.75) is 58.7 Å². The van der Waals surface area contributed by atoms with Crippen LogP contribution in [0.25, 0.3) is 22.2 Å². The second-order valence-electron chi connectivity index (χ2n) is 11.7. The first-order valence-corrected chi connectivity index (χ1v) is 14.4. The third-order valence-electron chi connectivity index (χ3n) is 8.15. The second kappa shape index (κ2) is 11.4. The molecule has 212 valence electrons. The number of carbonyl (C=O) groups excluding carboxylic acids is 2. The number of hydrogen-bond donors (Lipinski definition) is 0. The zero-order valence-electron chi connectivity index (χ0n) is 24.6. The number of carbonyl (C=O) groups is 2. The molecule has 0 aliphatic heterocycles. The molecule has 0 spiro atoms. The Balaban J connectivity index is 1.74. The second-order valence-corrected chi connectivity index (χ2v) is 11.7. The largest absolute Gasteiger partial charge is 0.462 e. The fraction of sp³-hybridized carbons (Fsp3) is 0.333. The molecule has 1 aromatic heterocycles. The summed E-state index contributed by atoms with van der Waals surface area (Å²) in [5, 5.41) is 1.14. The van der Waals surface area contributed by atoms with Crippen LogP contribution in [0.2, 0.25) is 0 Å². The quantitative estimate of drug-likeness (QED) is 0.128. The van der Waals surface area contributed by atoms with Crippen LogP contribution >= 0.6 is 0 Å². The topological polar surface area (TPSA) is 57.5 Å². The summed E-state index contributed by atoms with van der Waals surface area (Å²) in [5.74, 6) is -1.43. The smallest absolute Gasteiger partial charge is 0.324 e. The predicted octanol–water partition coefficient (Wildman–Crippen LogP) is 7.83. The third-order valence-corrected chi connectivity index (χ3v) is 8.15. The van der Waals surface area contributed by atoms with Crippen molar-refractivity contribution >= 4 is 22.8 Å². The molecular weight excluding hydrogens is 510 g/mol. The number of fused-ring (bicyclic) bond motifs is 1. The molecule has 1 heterocycles. The van der Waals surface area contributed by atoms with Gasteiger partial charge in [0.2, 0.25) is 0 Å². The molecule has 0 amide bonds. The van der Waals surface area contributed by atoms with E-state index in [4.69, 9.17) is 9.47 Å². The van der Waals surface area contributed by atoms with Crippen LogP contribution in [-0.2, 0) is 26.1 Å². The van der Waals surface area contributed by atoms with E-state index in [0.717, 1.165) is 38.9 Å². The van der Waals surface area contributed by atoms with Gasteiger partial charge in [-0.15, -0.1) is 0 Å². The first-order chi connectivity index (χ1) is 19.6. The molecule has 0 unspecified atom stereocenters. The van der Waals surface area contributed by atoms with Gasteiger partial charge in [0.15, 0.2) is 5.41 Å². The fourth-order valence-electron chi connectivity index (χ4n) is 6.46. The van der Waals surface area contributed by atoms with Crippen molar-refractivity contribution in [1.29, 1.82) is 0 Å². The van der Waals surface area contributed by atoms with Crippen LogP contribution in [-0.4, -0.2) is 28.7 Å². The van der Waals surface area contributed by atoms with E-state index in [1.54, 1.807) is 27.7 Å². The van der Waals surface area contributed by atoms with Crippen LogP contribution in [0, 0.1) is 11.3 Å². The van der Waals surface area contributed by atoms with E-state index in [2.05, 4.69) is 78.9 Å². The first-order valence-electron chi connectivity index (χ1n) is 14.4. The van der Waals surface area contributed by atoms with Crippen LogP contribution in [0.3, 0.4) is 0 Å². The number of aryl methyl sites for hydroxylation is 1. The zero-order chi connectivity index (χ0) is 29.3. The summed E-state index contributed by atoms with van der Waals surface area (Å²) < 4.78 is 13.7. The molecule has 41 heavy (non-hydrogen) atoms. The van der Waals surface area contributed by atoms with E-state index >= 15 is 0 Å². The lowest BCUT2D eigenvalue weighted by Crippen LogP contribution is -2.42. The molecular formula is C36H39NO4. The van der Waals surface area contributed by atoms with Crippen molar-refractivity contribution < 1.29 is 19.1 Å². The summed E-state index contributed by atoms with van der Waals surface area (Å²) in [7, 11) is 2.10. The molecule has 1 saturated carbocycles. The predicted molar refractivity (Wildman–Crippen MR) is 163 cm³/mol. The third kappa shape index (κ3) is 5.21. The Morgan fingerprint density at radius 2 is 1.37 bits per heavy atom. The summed E-state index contributed by atoms with van der Waals surface area (Å²) in [6.45, 7) is 11.7. The van der Waals surface area contributed by atoms with Gasteiger partial charge in [-0.25, -0.2) is 0 Å². The Morgan fingerprint density at radius 3 is 1.95 bits per heavy atom. The number of benzene rings is 3. The SMILES string of the molecule is C=C1CC(C(=O)OC(C)C)(C(=O)OC(C)C)C[C@H]1[C@@H](c1ccccc1)c1c(-c2ccccc2)n(C)c2ccccc12. The number of nitrogens with zero attached hydrogens (tertiary/aromatic N) is 1. The Kier molecular flexibility index (Phi) is 7.90. The molecule has 3 aromatic carbocycles. The van der Waals surface area contributed by atoms with Gasteiger partial charge in [-0.1, -0.05) is 91.0 Å². The van der Waals surface area contributed by atoms with Gasteiger partial charge in [0.25, 0.3) is 0 Å². The van der Waals surface area contributed by atoms with Crippen molar-refractivity contribution in [2.24, 2.45) is 18.4 Å². The normalized spacial score (nSPS) is 17.2. The number of ether oxygens (including phenoxy) is 2. The lowest BCUT2D eigenvalue weighted by atomic mass is 9.75. The van der Waals surface area contributed by atoms with Crippen molar-refractivity contribution in [2.75, 3.05) is 0 Å². The van der Waals surface area contributed by atoms with Crippen LogP contribution < -0.4 is 0 Å². The van der Waals surface area contributed by atoms with Crippen molar-refractivity contribution in [3.8, 4) is 11.3 Å². The van der Waals surface area contributed by atoms with Crippen molar-refractivity contribution in [3.63, 3.8) is 0 Å². The van der Waals surface area contributed by atoms with E-state index < -0.39 is 17.4 Å². The Hall–Kier alpha value is -4.12. The highest BCUT2D eigenvalue weighted by atomic mass is 16.6. The molecule has 0 radical (unpaired) electrons. The fourth-order valence-corrected chi connectivity index (χ4v) is 6.46. The lowest BCUT2D eigenvalue weighted by Gasteiger charge is -2.30. The minimum absolute atomic E-state index is 0.161. The van der Waals surface area contributed by atoms with Crippen LogP contribution in [0.1, 0.15) is 57.6 Å². The molecule has 1 aliphatic rings. The molecule has 0 saturated heterocycles. The molecule has 4 aromatic rings. The van der Waals surface area contributed by atoms with Crippen LogP contribution in [0.4, 0.5) is 0 Å². The van der Waals surface area contributed by atoms with Crippen LogP contribution in [0.15, 0.2) is 97.1 Å². The molecule has 5 rings (SSSR count). The maximum absolute atomic E-state index is 13.7. The average molecular weight is 550 g/mol. The van der Waals surface area contributed by atoms with Gasteiger partial charge in [0.1, 0.15) is 0 Å². The van der Waals surface area contributed by atoms with E-state index in [1.165, 1.54) is 0 Å². The summed E-state index contributed by atoms with van der Waals surface area (Å²) in [6.07, 6.45) is -0.249. The number of esters is 2. The number of allylic oxidation sites excluding steroid dienone is 1. The Labute approximate surface area is 242 Å². The zero-order valence-corrected chi connectivity index (χ0v) is 24.6. The minimum atomic E-state index is -1.44. The summed E-state index contributed by atoms with van der Waals surface area (Å²) in [4.78, 5) is 27.4. The summed E-state index contributed by atoms with van der Waals surface area (Å²) in [6, 6.07) is 29.2. The lowest BCUT2D eigenvalue weighted by molar-refractivity contribution is -0.176. The molecule has 0 bridgehead atoms. The van der Waals surface area contributed by atoms with E-state index in [0.29, 0.717) is 0 Å². The van der Waals surface area contributed by atoms with E-state index in [9.17, 15) is 9.59 Å². The average Bonchev–Trinajstić information content (AvgIpc) is 3.45. The number of rotatable bonds is 8. The molecule has 2 atom stereocenters. The summed E-state index contributed by atoms with van der Waals surface area (Å²) >= 11 is 0. The van der Waals surface area contributed by atoms with Gasteiger partial charge in [-0.3, -0.25) is 9.59 Å². The monoisotopic (exact) mass is 549 g/mol. The minimum Gasteiger partial charge on any atom is -0.462 e. The van der Waals surface area contributed by atoms with Gasteiger partial charge in [0, 0.05) is 23.9 Å². The van der Waals surface area contributed by atoms with Gasteiger partial charge >= 0.3 is 11.9 Å². The number of para-hydroxylation sites is 1. The standard InChI is InChI=1S/C36H39NO4/c1-23(2)40-34(38)36(35(39)41-24(3)4)21-25(5)29(22-36)31(26-15-9-7-10-16-26)32-28-19-13-14-20-30(28)37(6)33(32)27-17-11-8-12-18-27/h7-20,23-24,29,31H,5,21-22H2,1-4,6H3/t29-,31-/m1/s1.